The lowest BCUT2D eigenvalue weighted by Gasteiger charge is -2.11. The second-order valence-electron chi connectivity index (χ2n) is 6.80. The highest BCUT2D eigenvalue weighted by molar-refractivity contribution is 7.99. The van der Waals surface area contributed by atoms with Crippen LogP contribution in [0.2, 0.25) is 0 Å². The predicted molar refractivity (Wildman–Crippen MR) is 113 cm³/mol. The maximum absolute atomic E-state index is 12.5. The van der Waals surface area contributed by atoms with E-state index >= 15 is 0 Å². The van der Waals surface area contributed by atoms with Crippen molar-refractivity contribution in [2.75, 3.05) is 18.2 Å². The van der Waals surface area contributed by atoms with Gasteiger partial charge in [-0.25, -0.2) is 0 Å². The number of hydrogen-bond donors (Lipinski definition) is 1. The fourth-order valence-electron chi connectivity index (χ4n) is 3.03. The summed E-state index contributed by atoms with van der Waals surface area (Å²) < 4.78 is 7.54. The number of aromatic nitrogens is 3. The minimum atomic E-state index is -0.0842. The van der Waals surface area contributed by atoms with E-state index in [0.717, 1.165) is 35.8 Å². The molecule has 0 spiro atoms. The van der Waals surface area contributed by atoms with Crippen molar-refractivity contribution in [1.29, 1.82) is 0 Å². The molecule has 8 heteroatoms. The average Bonchev–Trinajstić information content (AvgIpc) is 3.23. The van der Waals surface area contributed by atoms with Gasteiger partial charge >= 0.3 is 0 Å². The third-order valence-corrected chi connectivity index (χ3v) is 6.34. The van der Waals surface area contributed by atoms with Gasteiger partial charge in [-0.2, -0.15) is 0 Å². The van der Waals surface area contributed by atoms with Crippen molar-refractivity contribution in [2.24, 2.45) is 0 Å². The number of hydrogen-bond acceptors (Lipinski definition) is 6. The molecule has 1 aliphatic rings. The van der Waals surface area contributed by atoms with E-state index in [-0.39, 0.29) is 11.7 Å². The first-order valence-corrected chi connectivity index (χ1v) is 11.0. The van der Waals surface area contributed by atoms with Gasteiger partial charge in [0, 0.05) is 17.3 Å². The number of thioether (sulfide) groups is 1. The molecule has 6 nitrogen and oxygen atoms in total. The third kappa shape index (κ3) is 4.39. The van der Waals surface area contributed by atoms with Crippen LogP contribution in [0.5, 0.6) is 5.75 Å². The lowest BCUT2D eigenvalue weighted by molar-refractivity contribution is -0.113. The molecule has 1 N–H and O–H groups in total. The van der Waals surface area contributed by atoms with E-state index in [1.54, 1.807) is 18.4 Å². The molecule has 3 aromatic rings. The number of thiophene rings is 1. The lowest BCUT2D eigenvalue weighted by atomic mass is 10.2. The van der Waals surface area contributed by atoms with Crippen LogP contribution >= 0.6 is 23.1 Å². The molecule has 0 aliphatic heterocycles. The Hall–Kier alpha value is -2.32. The molecule has 0 saturated heterocycles. The molecule has 28 heavy (non-hydrogen) atoms. The highest BCUT2D eigenvalue weighted by Gasteiger charge is 2.30. The maximum Gasteiger partial charge on any atom is 0.234 e. The molecule has 1 aromatic carbocycles. The number of carbonyl (C=O) groups excluding carboxylic acids is 1. The van der Waals surface area contributed by atoms with Gasteiger partial charge in [-0.3, -0.25) is 4.79 Å². The number of rotatable bonds is 8. The molecule has 0 atom stereocenters. The van der Waals surface area contributed by atoms with Crippen LogP contribution in [0.3, 0.4) is 0 Å². The Balaban J connectivity index is 1.43. The molecule has 0 bridgehead atoms. The van der Waals surface area contributed by atoms with Crippen molar-refractivity contribution < 1.29 is 9.53 Å². The zero-order chi connectivity index (χ0) is 19.5. The summed E-state index contributed by atoms with van der Waals surface area (Å²) in [6.45, 7) is 1.98. The number of ether oxygens (including phenoxy) is 1. The molecule has 0 radical (unpaired) electrons. The van der Waals surface area contributed by atoms with Crippen molar-refractivity contribution >= 4 is 34.7 Å². The van der Waals surface area contributed by atoms with Gasteiger partial charge in [0.25, 0.3) is 0 Å². The summed E-state index contributed by atoms with van der Waals surface area (Å²) in [5.74, 6) is 1.83. The molecule has 1 amide bonds. The molecule has 1 fully saturated rings. The van der Waals surface area contributed by atoms with Gasteiger partial charge in [0.15, 0.2) is 5.16 Å². The van der Waals surface area contributed by atoms with Crippen LogP contribution < -0.4 is 10.1 Å². The summed E-state index contributed by atoms with van der Waals surface area (Å²) in [5.41, 5.74) is 1.76. The van der Waals surface area contributed by atoms with Gasteiger partial charge in [-0.1, -0.05) is 23.9 Å². The highest BCUT2D eigenvalue weighted by atomic mass is 32.2. The van der Waals surface area contributed by atoms with Crippen molar-refractivity contribution in [2.45, 2.75) is 37.4 Å². The van der Waals surface area contributed by atoms with Crippen LogP contribution in [0.4, 0.5) is 5.69 Å². The summed E-state index contributed by atoms with van der Waals surface area (Å²) in [6.07, 6.45) is 3.08. The van der Waals surface area contributed by atoms with Crippen molar-refractivity contribution in [3.05, 3.63) is 52.0 Å². The van der Waals surface area contributed by atoms with Gasteiger partial charge < -0.3 is 14.6 Å². The van der Waals surface area contributed by atoms with Crippen LogP contribution in [0, 0.1) is 6.92 Å². The number of amides is 1. The largest absolute Gasteiger partial charge is 0.495 e. The monoisotopic (exact) mass is 414 g/mol. The number of aryl methyl sites for hydroxylation is 1. The number of carbonyl (C=O) groups is 1. The number of methoxy groups -OCH3 is 1. The maximum atomic E-state index is 12.5. The molecule has 2 aromatic heterocycles. The van der Waals surface area contributed by atoms with Crippen LogP contribution in [0.1, 0.15) is 35.1 Å². The van der Waals surface area contributed by atoms with Gasteiger partial charge in [-0.05, 0) is 48.9 Å². The summed E-state index contributed by atoms with van der Waals surface area (Å²) in [6, 6.07) is 10.4. The first-order chi connectivity index (χ1) is 13.6. The van der Waals surface area contributed by atoms with Crippen molar-refractivity contribution in [3.8, 4) is 5.75 Å². The van der Waals surface area contributed by atoms with E-state index in [1.165, 1.54) is 16.6 Å². The molecular formula is C20H22N4O2S2. The zero-order valence-electron chi connectivity index (χ0n) is 15.8. The second-order valence-corrected chi connectivity index (χ2v) is 8.77. The van der Waals surface area contributed by atoms with Gasteiger partial charge in [0.05, 0.1) is 18.6 Å². The Kier molecular flexibility index (Phi) is 5.68. The molecule has 146 valence electrons. The molecule has 1 aliphatic carbocycles. The zero-order valence-corrected chi connectivity index (χ0v) is 17.5. The highest BCUT2D eigenvalue weighted by Crippen LogP contribution is 2.39. The fourth-order valence-corrected chi connectivity index (χ4v) is 4.56. The third-order valence-electron chi connectivity index (χ3n) is 4.52. The molecular weight excluding hydrogens is 392 g/mol. The topological polar surface area (TPSA) is 69.0 Å². The van der Waals surface area contributed by atoms with E-state index in [4.69, 9.17) is 4.74 Å². The Labute approximate surface area is 172 Å². The number of anilines is 1. The Bertz CT molecular complexity index is 965. The van der Waals surface area contributed by atoms with Crippen molar-refractivity contribution in [1.82, 2.24) is 14.8 Å². The molecule has 2 heterocycles. The normalized spacial score (nSPS) is 13.5. The van der Waals surface area contributed by atoms with E-state index in [9.17, 15) is 4.79 Å². The standard InChI is InChI=1S/C20H22N4O2S2/c1-13-5-8-17(26-2)16(10-13)21-19(25)12-28-20-23-22-18(24(20)14-6-7-14)11-15-4-3-9-27-15/h3-5,8-10,14H,6-7,11-12H2,1-2H3,(H,21,25). The Morgan fingerprint density at radius 2 is 2.21 bits per heavy atom. The van der Waals surface area contributed by atoms with E-state index in [0.29, 0.717) is 17.5 Å². The summed E-state index contributed by atoms with van der Waals surface area (Å²) >= 11 is 3.16. The molecule has 1 saturated carbocycles. The van der Waals surface area contributed by atoms with Crippen LogP contribution in [-0.4, -0.2) is 33.5 Å². The minimum absolute atomic E-state index is 0.0842. The first kappa shape index (κ1) is 19.0. The number of benzene rings is 1. The second kappa shape index (κ2) is 8.36. The predicted octanol–water partition coefficient (Wildman–Crippen LogP) is 4.31. The summed E-state index contributed by atoms with van der Waals surface area (Å²) in [5, 5.41) is 14.6. The summed E-state index contributed by atoms with van der Waals surface area (Å²) in [7, 11) is 1.60. The van der Waals surface area contributed by atoms with Crippen LogP contribution in [-0.2, 0) is 11.2 Å². The minimum Gasteiger partial charge on any atom is -0.495 e. The number of nitrogens with zero attached hydrogens (tertiary/aromatic N) is 3. The van der Waals surface area contributed by atoms with E-state index in [2.05, 4.69) is 37.6 Å². The van der Waals surface area contributed by atoms with Crippen molar-refractivity contribution in [3.63, 3.8) is 0 Å². The van der Waals surface area contributed by atoms with E-state index in [1.807, 2.05) is 25.1 Å². The quantitative estimate of drug-likeness (QED) is 0.556. The summed E-state index contributed by atoms with van der Waals surface area (Å²) in [4.78, 5) is 13.8. The van der Waals surface area contributed by atoms with Gasteiger partial charge in [-0.15, -0.1) is 21.5 Å². The van der Waals surface area contributed by atoms with Gasteiger partial charge in [0.2, 0.25) is 5.91 Å². The Morgan fingerprint density at radius 3 is 2.93 bits per heavy atom. The SMILES string of the molecule is COc1ccc(C)cc1NC(=O)CSc1nnc(Cc2cccs2)n1C1CC1. The van der Waals surface area contributed by atoms with E-state index < -0.39 is 0 Å². The fraction of sp³-hybridized carbons (Fsp3) is 0.350. The first-order valence-electron chi connectivity index (χ1n) is 9.17. The Morgan fingerprint density at radius 1 is 1.36 bits per heavy atom. The average molecular weight is 415 g/mol. The molecule has 0 unspecified atom stereocenters. The molecule has 4 rings (SSSR count). The van der Waals surface area contributed by atoms with Crippen LogP contribution in [0.25, 0.3) is 0 Å². The van der Waals surface area contributed by atoms with Gasteiger partial charge in [0.1, 0.15) is 11.6 Å². The van der Waals surface area contributed by atoms with Crippen LogP contribution in [0.15, 0.2) is 40.9 Å². The number of nitrogens with one attached hydrogen (secondary N) is 1. The lowest BCUT2D eigenvalue weighted by Crippen LogP contribution is -2.15. The smallest absolute Gasteiger partial charge is 0.234 e.